The maximum Gasteiger partial charge on any atom is 0.268 e. The van der Waals surface area contributed by atoms with Crippen molar-refractivity contribution in [3.8, 4) is 0 Å². The van der Waals surface area contributed by atoms with Crippen molar-refractivity contribution in [2.24, 2.45) is 0 Å². The Labute approximate surface area is 184 Å². The number of nitrogens with zero attached hydrogens (tertiary/aromatic N) is 1. The van der Waals surface area contributed by atoms with Crippen molar-refractivity contribution in [2.75, 3.05) is 11.4 Å². The molecule has 0 bridgehead atoms. The quantitative estimate of drug-likeness (QED) is 0.185. The maximum absolute atomic E-state index is 13.5. The lowest BCUT2D eigenvalue weighted by Gasteiger charge is -2.22. The lowest BCUT2D eigenvalue weighted by Crippen LogP contribution is -2.31. The molecule has 0 aliphatic carbocycles. The highest BCUT2D eigenvalue weighted by Gasteiger charge is 2.20. The monoisotopic (exact) mass is 435 g/mol. The molecule has 0 atom stereocenters. The molecule has 0 fully saturated rings. The van der Waals surface area contributed by atoms with E-state index in [1.54, 1.807) is 5.48 Å². The Balaban J connectivity index is 1.50. The van der Waals surface area contributed by atoms with Crippen LogP contribution in [0.1, 0.15) is 41.8 Å². The number of hydrogen-bond acceptors (Lipinski definition) is 4. The van der Waals surface area contributed by atoms with Crippen molar-refractivity contribution < 1.29 is 14.8 Å². The van der Waals surface area contributed by atoms with E-state index in [4.69, 9.17) is 5.21 Å². The summed E-state index contributed by atoms with van der Waals surface area (Å²) in [6.45, 7) is 0.606. The van der Waals surface area contributed by atoms with Crippen LogP contribution in [0.5, 0.6) is 0 Å². The molecular weight excluding hydrogens is 410 g/mol. The summed E-state index contributed by atoms with van der Waals surface area (Å²) in [5, 5.41) is 10.7. The highest BCUT2D eigenvalue weighted by molar-refractivity contribution is 7.20. The van der Waals surface area contributed by atoms with Gasteiger partial charge in [0.05, 0.1) is 4.88 Å². The molecule has 0 spiro atoms. The zero-order valence-electron chi connectivity index (χ0n) is 17.1. The molecule has 4 aromatic rings. The Morgan fingerprint density at radius 3 is 2.65 bits per heavy atom. The summed E-state index contributed by atoms with van der Waals surface area (Å²) in [4.78, 5) is 30.4. The molecule has 0 radical (unpaired) electrons. The van der Waals surface area contributed by atoms with Crippen LogP contribution in [-0.4, -0.2) is 28.6 Å². The van der Waals surface area contributed by atoms with Crippen LogP contribution in [0.4, 0.5) is 5.69 Å². The van der Waals surface area contributed by atoms with Gasteiger partial charge in [-0.15, -0.1) is 11.3 Å². The van der Waals surface area contributed by atoms with Gasteiger partial charge in [0.15, 0.2) is 0 Å². The molecule has 2 aromatic carbocycles. The van der Waals surface area contributed by atoms with Gasteiger partial charge in [0.25, 0.3) is 5.91 Å². The first kappa shape index (κ1) is 21.1. The highest BCUT2D eigenvalue weighted by atomic mass is 32.1. The summed E-state index contributed by atoms with van der Waals surface area (Å²) in [5.74, 6) is -0.350. The molecule has 0 aliphatic rings. The van der Waals surface area contributed by atoms with Gasteiger partial charge in [0.1, 0.15) is 0 Å². The number of benzene rings is 2. The van der Waals surface area contributed by atoms with E-state index in [9.17, 15) is 9.59 Å². The number of unbranched alkanes of at least 4 members (excludes halogenated alkanes) is 3. The lowest BCUT2D eigenvalue weighted by molar-refractivity contribution is -0.129. The Kier molecular flexibility index (Phi) is 6.64. The fraction of sp³-hybridized carbons (Fsp3) is 0.250. The van der Waals surface area contributed by atoms with Gasteiger partial charge in [-0.2, -0.15) is 0 Å². The number of carbonyl (C=O) groups excluding carboxylic acids is 2. The molecule has 0 saturated carbocycles. The van der Waals surface area contributed by atoms with Gasteiger partial charge < -0.3 is 9.88 Å². The molecule has 160 valence electrons. The number of carbonyl (C=O) groups is 2. The van der Waals surface area contributed by atoms with Crippen molar-refractivity contribution in [2.45, 2.75) is 32.1 Å². The van der Waals surface area contributed by atoms with Gasteiger partial charge >= 0.3 is 0 Å². The zero-order valence-corrected chi connectivity index (χ0v) is 18.0. The van der Waals surface area contributed by atoms with Crippen molar-refractivity contribution in [3.05, 3.63) is 65.7 Å². The molecule has 2 heterocycles. The average molecular weight is 436 g/mol. The SMILES string of the molecule is O=C(CCCCCCN(C(=O)c1cc2ccccc2s1)c1ccc2[nH]ccc2c1)NO. The molecule has 6 nitrogen and oxygen atoms in total. The number of fused-ring (bicyclic) bond motifs is 2. The van der Waals surface area contributed by atoms with Crippen LogP contribution in [0.25, 0.3) is 21.0 Å². The predicted octanol–water partition coefficient (Wildman–Crippen LogP) is 5.49. The van der Waals surface area contributed by atoms with Crippen LogP contribution >= 0.6 is 11.3 Å². The number of nitrogens with one attached hydrogen (secondary N) is 2. The van der Waals surface area contributed by atoms with E-state index in [1.807, 2.05) is 65.7 Å². The van der Waals surface area contributed by atoms with E-state index in [0.29, 0.717) is 19.4 Å². The molecule has 2 aromatic heterocycles. The molecule has 2 amide bonds. The molecule has 3 N–H and O–H groups in total. The second-order valence-electron chi connectivity index (χ2n) is 7.55. The molecule has 0 saturated heterocycles. The predicted molar refractivity (Wildman–Crippen MR) is 125 cm³/mol. The van der Waals surface area contributed by atoms with Gasteiger partial charge in [-0.1, -0.05) is 31.0 Å². The lowest BCUT2D eigenvalue weighted by atomic mass is 10.1. The van der Waals surface area contributed by atoms with Crippen LogP contribution < -0.4 is 10.4 Å². The third-order valence-corrected chi connectivity index (χ3v) is 6.49. The van der Waals surface area contributed by atoms with Gasteiger partial charge in [-0.05, 0) is 54.6 Å². The van der Waals surface area contributed by atoms with Crippen LogP contribution in [0.15, 0.2) is 60.8 Å². The Morgan fingerprint density at radius 1 is 0.968 bits per heavy atom. The Morgan fingerprint density at radius 2 is 1.81 bits per heavy atom. The second-order valence-corrected chi connectivity index (χ2v) is 8.64. The molecule has 4 rings (SSSR count). The fourth-order valence-corrected chi connectivity index (χ4v) is 4.75. The standard InChI is InChI=1S/C24H25N3O3S/c28-23(26-30)9-3-1-2-6-14-27(19-10-11-20-17(15-19)12-13-25-20)24(29)22-16-18-7-4-5-8-21(18)31-22/h4-5,7-8,10-13,15-16,25,30H,1-3,6,9,14H2,(H,26,28). The summed E-state index contributed by atoms with van der Waals surface area (Å²) in [5.41, 5.74) is 3.58. The number of H-pyrrole nitrogens is 1. The largest absolute Gasteiger partial charge is 0.361 e. The van der Waals surface area contributed by atoms with E-state index in [0.717, 1.165) is 50.8 Å². The number of amides is 2. The maximum atomic E-state index is 13.5. The molecular formula is C24H25N3O3S. The summed E-state index contributed by atoms with van der Waals surface area (Å²) < 4.78 is 1.11. The summed E-state index contributed by atoms with van der Waals surface area (Å²) >= 11 is 1.52. The average Bonchev–Trinajstić information content (AvgIpc) is 3.44. The molecule has 0 aliphatic heterocycles. The van der Waals surface area contributed by atoms with Crippen molar-refractivity contribution in [3.63, 3.8) is 0 Å². The number of aromatic nitrogens is 1. The Bertz CT molecular complexity index is 1160. The van der Waals surface area contributed by atoms with Crippen LogP contribution in [0, 0.1) is 0 Å². The molecule has 0 unspecified atom stereocenters. The van der Waals surface area contributed by atoms with Crippen LogP contribution in [-0.2, 0) is 4.79 Å². The number of anilines is 1. The van der Waals surface area contributed by atoms with Crippen molar-refractivity contribution >= 4 is 49.8 Å². The minimum atomic E-state index is -0.360. The van der Waals surface area contributed by atoms with Crippen molar-refractivity contribution in [1.29, 1.82) is 0 Å². The third-order valence-electron chi connectivity index (χ3n) is 5.39. The number of rotatable bonds is 9. The smallest absolute Gasteiger partial charge is 0.268 e. The zero-order chi connectivity index (χ0) is 21.6. The first-order valence-corrected chi connectivity index (χ1v) is 11.3. The molecule has 7 heteroatoms. The van der Waals surface area contributed by atoms with Gasteiger partial charge in [-0.3, -0.25) is 14.8 Å². The van der Waals surface area contributed by atoms with E-state index in [1.165, 1.54) is 11.3 Å². The fourth-order valence-electron chi connectivity index (χ4n) is 3.74. The second kappa shape index (κ2) is 9.76. The topological polar surface area (TPSA) is 85.4 Å². The van der Waals surface area contributed by atoms with Gasteiger partial charge in [-0.25, -0.2) is 5.48 Å². The highest BCUT2D eigenvalue weighted by Crippen LogP contribution is 2.29. The first-order valence-electron chi connectivity index (χ1n) is 10.5. The third kappa shape index (κ3) is 4.95. The van der Waals surface area contributed by atoms with Crippen molar-refractivity contribution in [1.82, 2.24) is 10.5 Å². The minimum Gasteiger partial charge on any atom is -0.361 e. The van der Waals surface area contributed by atoms with E-state index >= 15 is 0 Å². The number of aromatic amines is 1. The van der Waals surface area contributed by atoms with Crippen LogP contribution in [0.3, 0.4) is 0 Å². The number of hydrogen-bond donors (Lipinski definition) is 3. The molecule has 31 heavy (non-hydrogen) atoms. The van der Waals surface area contributed by atoms with E-state index in [2.05, 4.69) is 4.98 Å². The summed E-state index contributed by atoms with van der Waals surface area (Å²) in [6, 6.07) is 18.0. The van der Waals surface area contributed by atoms with E-state index < -0.39 is 0 Å². The number of thiophene rings is 1. The minimum absolute atomic E-state index is 0.00995. The Hall–Kier alpha value is -3.16. The first-order chi connectivity index (χ1) is 15.2. The summed E-state index contributed by atoms with van der Waals surface area (Å²) in [7, 11) is 0. The van der Waals surface area contributed by atoms with Gasteiger partial charge in [0, 0.05) is 40.5 Å². The van der Waals surface area contributed by atoms with Crippen LogP contribution in [0.2, 0.25) is 0 Å². The number of hydroxylamine groups is 1. The van der Waals surface area contributed by atoms with Gasteiger partial charge in [0.2, 0.25) is 5.91 Å². The normalized spacial score (nSPS) is 11.1. The van der Waals surface area contributed by atoms with E-state index in [-0.39, 0.29) is 11.8 Å². The summed E-state index contributed by atoms with van der Waals surface area (Å²) in [6.07, 6.45) is 5.53.